The standard InChI is InChI=1S/C11H13O/c1-8-4-6-11(7-5-8)9(2)10(3)12/h4-7,9H,3H2,1-2H3. The Morgan fingerprint density at radius 2 is 1.83 bits per heavy atom. The normalized spacial score (nSPS) is 12.5. The monoisotopic (exact) mass is 161 g/mol. The second-order valence-electron chi connectivity index (χ2n) is 3.10. The van der Waals surface area contributed by atoms with Gasteiger partial charge in [0.15, 0.2) is 5.76 Å². The lowest BCUT2D eigenvalue weighted by molar-refractivity contribution is 0.273. The Morgan fingerprint density at radius 3 is 2.25 bits per heavy atom. The molecule has 0 aliphatic heterocycles. The van der Waals surface area contributed by atoms with Crippen LogP contribution in [-0.4, -0.2) is 0 Å². The quantitative estimate of drug-likeness (QED) is 0.594. The topological polar surface area (TPSA) is 19.9 Å². The predicted molar refractivity (Wildman–Crippen MR) is 49.4 cm³/mol. The van der Waals surface area contributed by atoms with Gasteiger partial charge in [0.05, 0.1) is 0 Å². The minimum atomic E-state index is -0.0781. The third-order valence-electron chi connectivity index (χ3n) is 2.06. The van der Waals surface area contributed by atoms with Crippen molar-refractivity contribution >= 4 is 0 Å². The molecule has 0 aromatic heterocycles. The summed E-state index contributed by atoms with van der Waals surface area (Å²) in [6, 6.07) is 7.97. The molecule has 0 N–H and O–H groups in total. The van der Waals surface area contributed by atoms with Crippen molar-refractivity contribution in [2.75, 3.05) is 0 Å². The highest BCUT2D eigenvalue weighted by Gasteiger charge is 2.08. The van der Waals surface area contributed by atoms with Crippen molar-refractivity contribution in [1.29, 1.82) is 0 Å². The summed E-state index contributed by atoms with van der Waals surface area (Å²) in [7, 11) is 0. The van der Waals surface area contributed by atoms with Crippen molar-refractivity contribution in [1.82, 2.24) is 0 Å². The second-order valence-corrected chi connectivity index (χ2v) is 3.10. The van der Waals surface area contributed by atoms with E-state index in [2.05, 4.69) is 6.58 Å². The van der Waals surface area contributed by atoms with Crippen LogP contribution in [0.25, 0.3) is 0 Å². The molecule has 0 saturated carbocycles. The molecular weight excluding hydrogens is 148 g/mol. The Balaban J connectivity index is 2.89. The Bertz CT molecular complexity index is 272. The fourth-order valence-electron chi connectivity index (χ4n) is 1.04. The van der Waals surface area contributed by atoms with E-state index in [9.17, 15) is 5.11 Å². The maximum Gasteiger partial charge on any atom is 0.155 e. The highest BCUT2D eigenvalue weighted by atomic mass is 16.3. The van der Waals surface area contributed by atoms with Crippen molar-refractivity contribution in [3.8, 4) is 0 Å². The van der Waals surface area contributed by atoms with Crippen molar-refractivity contribution in [2.45, 2.75) is 19.8 Å². The van der Waals surface area contributed by atoms with Gasteiger partial charge >= 0.3 is 0 Å². The average molecular weight is 161 g/mol. The van der Waals surface area contributed by atoms with E-state index < -0.39 is 0 Å². The first-order valence-electron chi connectivity index (χ1n) is 4.03. The van der Waals surface area contributed by atoms with Crippen LogP contribution in [0.5, 0.6) is 0 Å². The van der Waals surface area contributed by atoms with Gasteiger partial charge in [-0.3, -0.25) is 5.11 Å². The zero-order valence-electron chi connectivity index (χ0n) is 7.50. The van der Waals surface area contributed by atoms with Crippen LogP contribution in [0.15, 0.2) is 36.6 Å². The summed E-state index contributed by atoms with van der Waals surface area (Å²) in [4.78, 5) is 0. The molecule has 1 aromatic carbocycles. The summed E-state index contributed by atoms with van der Waals surface area (Å²) in [5.41, 5.74) is 2.25. The summed E-state index contributed by atoms with van der Waals surface area (Å²) >= 11 is 0. The number of aryl methyl sites for hydroxylation is 1. The Hall–Kier alpha value is -1.24. The molecule has 0 heterocycles. The molecule has 63 valence electrons. The molecule has 12 heavy (non-hydrogen) atoms. The molecule has 0 bridgehead atoms. The average Bonchev–Trinajstić information content (AvgIpc) is 2.04. The molecule has 1 nitrogen and oxygen atoms in total. The highest BCUT2D eigenvalue weighted by molar-refractivity contribution is 5.27. The van der Waals surface area contributed by atoms with Gasteiger partial charge in [0, 0.05) is 5.92 Å². The van der Waals surface area contributed by atoms with Gasteiger partial charge < -0.3 is 0 Å². The van der Waals surface area contributed by atoms with Crippen LogP contribution in [0.2, 0.25) is 0 Å². The molecule has 1 unspecified atom stereocenters. The van der Waals surface area contributed by atoms with Crippen molar-refractivity contribution in [3.05, 3.63) is 47.7 Å². The first-order valence-corrected chi connectivity index (χ1v) is 4.03. The fraction of sp³-hybridized carbons (Fsp3) is 0.273. The molecule has 0 amide bonds. The summed E-state index contributed by atoms with van der Waals surface area (Å²) in [5.74, 6) is -0.107. The maximum atomic E-state index is 10.9. The van der Waals surface area contributed by atoms with Gasteiger partial charge in [0.2, 0.25) is 0 Å². The van der Waals surface area contributed by atoms with Gasteiger partial charge in [-0.2, -0.15) is 0 Å². The largest absolute Gasteiger partial charge is 0.295 e. The Kier molecular flexibility index (Phi) is 2.54. The lowest BCUT2D eigenvalue weighted by Crippen LogP contribution is -1.94. The zero-order valence-corrected chi connectivity index (χ0v) is 7.50. The highest BCUT2D eigenvalue weighted by Crippen LogP contribution is 2.20. The lowest BCUT2D eigenvalue weighted by Gasteiger charge is -2.07. The Labute approximate surface area is 73.4 Å². The second kappa shape index (κ2) is 3.44. The number of rotatable bonds is 2. The summed E-state index contributed by atoms with van der Waals surface area (Å²) in [6.45, 7) is 7.30. The van der Waals surface area contributed by atoms with Crippen molar-refractivity contribution < 1.29 is 5.11 Å². The van der Waals surface area contributed by atoms with Gasteiger partial charge in [-0.05, 0) is 12.5 Å². The van der Waals surface area contributed by atoms with Gasteiger partial charge in [0.25, 0.3) is 0 Å². The predicted octanol–water partition coefficient (Wildman–Crippen LogP) is 3.04. The van der Waals surface area contributed by atoms with Crippen molar-refractivity contribution in [2.24, 2.45) is 0 Å². The van der Waals surface area contributed by atoms with Crippen LogP contribution < -0.4 is 0 Å². The van der Waals surface area contributed by atoms with Gasteiger partial charge in [-0.1, -0.05) is 43.3 Å². The maximum absolute atomic E-state index is 10.9. The van der Waals surface area contributed by atoms with Gasteiger partial charge in [0.1, 0.15) is 0 Å². The lowest BCUT2D eigenvalue weighted by atomic mass is 9.99. The van der Waals surface area contributed by atoms with E-state index in [-0.39, 0.29) is 11.7 Å². The van der Waals surface area contributed by atoms with E-state index >= 15 is 0 Å². The molecule has 1 heteroatoms. The number of benzene rings is 1. The Morgan fingerprint density at radius 1 is 1.33 bits per heavy atom. The van der Waals surface area contributed by atoms with E-state index in [4.69, 9.17) is 0 Å². The summed E-state index contributed by atoms with van der Waals surface area (Å²) in [5, 5.41) is 10.9. The minimum absolute atomic E-state index is 0.0288. The third kappa shape index (κ3) is 1.88. The van der Waals surface area contributed by atoms with Crippen LogP contribution >= 0.6 is 0 Å². The minimum Gasteiger partial charge on any atom is -0.295 e. The van der Waals surface area contributed by atoms with Crippen LogP contribution in [0.3, 0.4) is 0 Å². The molecule has 0 fully saturated rings. The molecule has 0 spiro atoms. The smallest absolute Gasteiger partial charge is 0.155 e. The molecule has 0 saturated heterocycles. The number of hydrogen-bond acceptors (Lipinski definition) is 0. The first kappa shape index (κ1) is 8.85. The van der Waals surface area contributed by atoms with E-state index in [0.717, 1.165) is 5.56 Å². The van der Waals surface area contributed by atoms with Crippen molar-refractivity contribution in [3.63, 3.8) is 0 Å². The van der Waals surface area contributed by atoms with Gasteiger partial charge in [-0.15, -0.1) is 0 Å². The first-order chi connectivity index (χ1) is 5.61. The summed E-state index contributed by atoms with van der Waals surface area (Å²) < 4.78 is 0. The number of hydrogen-bond donors (Lipinski definition) is 0. The molecule has 1 aromatic rings. The van der Waals surface area contributed by atoms with Crippen LogP contribution in [-0.2, 0) is 5.11 Å². The molecule has 0 aliphatic carbocycles. The summed E-state index contributed by atoms with van der Waals surface area (Å²) in [6.07, 6.45) is 0. The zero-order chi connectivity index (χ0) is 9.14. The van der Waals surface area contributed by atoms with E-state index in [1.807, 2.05) is 38.1 Å². The SMILES string of the molecule is C=C([O])C(C)c1ccc(C)cc1. The van der Waals surface area contributed by atoms with Crippen LogP contribution in [0, 0.1) is 6.92 Å². The van der Waals surface area contributed by atoms with E-state index in [1.54, 1.807) is 0 Å². The molecule has 1 atom stereocenters. The van der Waals surface area contributed by atoms with Crippen LogP contribution in [0.4, 0.5) is 0 Å². The van der Waals surface area contributed by atoms with Crippen LogP contribution in [0.1, 0.15) is 24.0 Å². The van der Waals surface area contributed by atoms with E-state index in [0.29, 0.717) is 0 Å². The molecule has 1 rings (SSSR count). The number of allylic oxidation sites excluding steroid dienone is 1. The molecular formula is C11H13O. The van der Waals surface area contributed by atoms with E-state index in [1.165, 1.54) is 5.56 Å². The van der Waals surface area contributed by atoms with Gasteiger partial charge in [-0.25, -0.2) is 0 Å². The molecule has 1 radical (unpaired) electrons. The molecule has 0 aliphatic rings. The third-order valence-corrected chi connectivity index (χ3v) is 2.06. The fourth-order valence-corrected chi connectivity index (χ4v) is 1.04.